The monoisotopic (exact) mass is 806 g/mol. The molecule has 0 aromatic heterocycles. The number of carboxylic acid groups (broad SMARTS) is 1. The van der Waals surface area contributed by atoms with Gasteiger partial charge in [-0.1, -0.05) is 166 Å². The first-order valence-electron chi connectivity index (χ1n) is 23.1. The lowest BCUT2D eigenvalue weighted by Crippen LogP contribution is -2.44. The molecule has 57 heavy (non-hydrogen) atoms. The SMILES string of the molecule is CCCCC/C=C\C/C=C\C/C=C\CCCCCCCCC(=O)OC(COC(=O)CCCCCCCCCCCCCCC)COC(OCC[N+](C)(C)C)C(=O)[O-]. The summed E-state index contributed by atoms with van der Waals surface area (Å²) in [7, 11) is 5.90. The third-order valence-electron chi connectivity index (χ3n) is 9.89. The van der Waals surface area contributed by atoms with Crippen LogP contribution in [-0.2, 0) is 33.3 Å². The molecule has 0 aliphatic rings. The number of hydrogen-bond donors (Lipinski definition) is 0. The van der Waals surface area contributed by atoms with Gasteiger partial charge in [0.2, 0.25) is 0 Å². The maximum atomic E-state index is 12.8. The normalized spacial score (nSPS) is 13.2. The number of nitrogens with zero attached hydrogens (tertiary/aromatic N) is 1. The van der Waals surface area contributed by atoms with Gasteiger partial charge in [0.05, 0.1) is 40.3 Å². The van der Waals surface area contributed by atoms with E-state index in [-0.39, 0.29) is 32.2 Å². The summed E-state index contributed by atoms with van der Waals surface area (Å²) in [4.78, 5) is 37.0. The van der Waals surface area contributed by atoms with Crippen LogP contribution in [0.4, 0.5) is 0 Å². The number of quaternary nitrogens is 1. The zero-order valence-corrected chi connectivity index (χ0v) is 37.5. The fourth-order valence-corrected chi connectivity index (χ4v) is 6.25. The second-order valence-electron chi connectivity index (χ2n) is 16.7. The van der Waals surface area contributed by atoms with Gasteiger partial charge >= 0.3 is 11.9 Å². The van der Waals surface area contributed by atoms with Crippen LogP contribution < -0.4 is 5.11 Å². The molecule has 2 atom stereocenters. The maximum Gasteiger partial charge on any atom is 0.306 e. The second kappa shape index (κ2) is 40.3. The van der Waals surface area contributed by atoms with E-state index < -0.39 is 24.3 Å². The summed E-state index contributed by atoms with van der Waals surface area (Å²) in [5, 5.41) is 11.7. The molecule has 0 aromatic rings. The van der Waals surface area contributed by atoms with Crippen molar-refractivity contribution in [1.29, 1.82) is 0 Å². The Balaban J connectivity index is 4.43. The fourth-order valence-electron chi connectivity index (χ4n) is 6.25. The third kappa shape index (κ3) is 41.5. The molecular formula is C48H87NO8. The van der Waals surface area contributed by atoms with Gasteiger partial charge in [-0.15, -0.1) is 0 Å². The molecule has 0 fully saturated rings. The Kier molecular flexibility index (Phi) is 38.5. The van der Waals surface area contributed by atoms with Gasteiger partial charge in [0.15, 0.2) is 12.4 Å². The van der Waals surface area contributed by atoms with Gasteiger partial charge in [0.25, 0.3) is 0 Å². The van der Waals surface area contributed by atoms with E-state index in [0.29, 0.717) is 23.9 Å². The van der Waals surface area contributed by atoms with E-state index in [1.54, 1.807) is 0 Å². The number of carbonyl (C=O) groups excluding carboxylic acids is 3. The lowest BCUT2D eigenvalue weighted by atomic mass is 10.0. The Morgan fingerprint density at radius 2 is 0.947 bits per heavy atom. The number of hydrogen-bond acceptors (Lipinski definition) is 8. The minimum atomic E-state index is -1.62. The van der Waals surface area contributed by atoms with Gasteiger partial charge in [-0.05, 0) is 51.4 Å². The van der Waals surface area contributed by atoms with E-state index in [4.69, 9.17) is 18.9 Å². The number of unbranched alkanes of at least 4 members (excludes halogenated alkanes) is 21. The summed E-state index contributed by atoms with van der Waals surface area (Å²) in [6.45, 7) is 4.70. The standard InChI is InChI=1S/C48H87NO8/c1-6-8-10-12-14-16-18-20-21-22-23-24-25-27-29-31-33-35-37-39-46(51)57-44(43-56-48(47(52)53)54-41-40-49(3,4)5)42-55-45(50)38-36-34-32-30-28-26-19-17-15-13-11-9-7-2/h14,16,20-21,23-24,44,48H,6-13,15,17-19,22,25-43H2,1-5H3/b16-14-,21-20-,24-23-. The number of aliphatic carboxylic acids is 1. The minimum Gasteiger partial charge on any atom is -0.545 e. The number of esters is 2. The van der Waals surface area contributed by atoms with Gasteiger partial charge in [0, 0.05) is 12.8 Å². The Morgan fingerprint density at radius 3 is 1.44 bits per heavy atom. The number of ether oxygens (including phenoxy) is 4. The molecular weight excluding hydrogens is 719 g/mol. The summed E-state index contributed by atoms with van der Waals surface area (Å²) >= 11 is 0. The molecule has 0 rings (SSSR count). The first kappa shape index (κ1) is 54.5. The molecule has 9 heteroatoms. The molecule has 0 aromatic carbocycles. The first-order valence-corrected chi connectivity index (χ1v) is 23.1. The van der Waals surface area contributed by atoms with Gasteiger partial charge in [-0.2, -0.15) is 0 Å². The predicted octanol–water partition coefficient (Wildman–Crippen LogP) is 10.9. The van der Waals surface area contributed by atoms with Gasteiger partial charge < -0.3 is 33.3 Å². The summed E-state index contributed by atoms with van der Waals surface area (Å²) < 4.78 is 22.5. The highest BCUT2D eigenvalue weighted by Gasteiger charge is 2.21. The van der Waals surface area contributed by atoms with Crippen molar-refractivity contribution in [1.82, 2.24) is 0 Å². The Labute approximate surface area is 350 Å². The first-order chi connectivity index (χ1) is 27.6. The van der Waals surface area contributed by atoms with Crippen molar-refractivity contribution < 1.29 is 42.9 Å². The number of carbonyl (C=O) groups is 3. The molecule has 0 saturated heterocycles. The average Bonchev–Trinajstić information content (AvgIpc) is 3.17. The highest BCUT2D eigenvalue weighted by atomic mass is 16.7. The summed E-state index contributed by atoms with van der Waals surface area (Å²) in [6, 6.07) is 0. The van der Waals surface area contributed by atoms with E-state index in [1.807, 2.05) is 21.1 Å². The van der Waals surface area contributed by atoms with E-state index in [0.717, 1.165) is 70.6 Å². The van der Waals surface area contributed by atoms with Crippen molar-refractivity contribution in [2.45, 2.75) is 206 Å². The van der Waals surface area contributed by atoms with Crippen LogP contribution in [0.15, 0.2) is 36.5 Å². The van der Waals surface area contributed by atoms with Crippen molar-refractivity contribution in [3.8, 4) is 0 Å². The van der Waals surface area contributed by atoms with Crippen molar-refractivity contribution >= 4 is 17.9 Å². The van der Waals surface area contributed by atoms with Gasteiger partial charge in [0.1, 0.15) is 13.2 Å². The number of carboxylic acids is 1. The molecule has 0 bridgehead atoms. The zero-order valence-electron chi connectivity index (χ0n) is 37.5. The molecule has 2 unspecified atom stereocenters. The molecule has 332 valence electrons. The van der Waals surface area contributed by atoms with Gasteiger partial charge in [-0.3, -0.25) is 9.59 Å². The van der Waals surface area contributed by atoms with Crippen molar-refractivity contribution in [2.24, 2.45) is 0 Å². The molecule has 0 saturated carbocycles. The lowest BCUT2D eigenvalue weighted by molar-refractivity contribution is -0.870. The molecule has 0 aliphatic carbocycles. The maximum absolute atomic E-state index is 12.8. The van der Waals surface area contributed by atoms with Crippen LogP contribution in [0, 0.1) is 0 Å². The third-order valence-corrected chi connectivity index (χ3v) is 9.89. The second-order valence-corrected chi connectivity index (χ2v) is 16.7. The smallest absolute Gasteiger partial charge is 0.306 e. The zero-order chi connectivity index (χ0) is 42.1. The molecule has 0 radical (unpaired) electrons. The largest absolute Gasteiger partial charge is 0.545 e. The Hall–Kier alpha value is -2.49. The topological polar surface area (TPSA) is 111 Å². The summed E-state index contributed by atoms with van der Waals surface area (Å²) in [5.41, 5.74) is 0. The lowest BCUT2D eigenvalue weighted by Gasteiger charge is -2.26. The van der Waals surface area contributed by atoms with E-state index >= 15 is 0 Å². The summed E-state index contributed by atoms with van der Waals surface area (Å²) in [6.07, 6.45) is 41.6. The highest BCUT2D eigenvalue weighted by Crippen LogP contribution is 2.14. The molecule has 0 N–H and O–H groups in total. The van der Waals surface area contributed by atoms with Crippen LogP contribution in [0.5, 0.6) is 0 Å². The number of allylic oxidation sites excluding steroid dienone is 6. The Bertz CT molecular complexity index is 1030. The van der Waals surface area contributed by atoms with Crippen LogP contribution in [0.1, 0.15) is 194 Å². The van der Waals surface area contributed by atoms with Crippen LogP contribution in [0.25, 0.3) is 0 Å². The van der Waals surface area contributed by atoms with Crippen molar-refractivity contribution in [2.75, 3.05) is 47.5 Å². The molecule has 0 amide bonds. The average molecular weight is 806 g/mol. The van der Waals surface area contributed by atoms with Crippen molar-refractivity contribution in [3.63, 3.8) is 0 Å². The van der Waals surface area contributed by atoms with Gasteiger partial charge in [-0.25, -0.2) is 0 Å². The van der Waals surface area contributed by atoms with E-state index in [9.17, 15) is 19.5 Å². The quantitative estimate of drug-likeness (QED) is 0.0197. The van der Waals surface area contributed by atoms with Crippen molar-refractivity contribution in [3.05, 3.63) is 36.5 Å². The Morgan fingerprint density at radius 1 is 0.526 bits per heavy atom. The van der Waals surface area contributed by atoms with Crippen LogP contribution in [-0.4, -0.2) is 82.3 Å². The number of rotatable bonds is 42. The summed E-state index contributed by atoms with van der Waals surface area (Å²) in [5.74, 6) is -2.30. The van der Waals surface area contributed by atoms with Crippen LogP contribution in [0.2, 0.25) is 0 Å². The molecule has 0 aliphatic heterocycles. The van der Waals surface area contributed by atoms with E-state index in [1.165, 1.54) is 89.9 Å². The van der Waals surface area contributed by atoms with Crippen LogP contribution >= 0.6 is 0 Å². The highest BCUT2D eigenvalue weighted by molar-refractivity contribution is 5.70. The molecule has 0 spiro atoms. The number of likely N-dealkylation sites (N-methyl/N-ethyl adjacent to an activating group) is 1. The van der Waals surface area contributed by atoms with E-state index in [2.05, 4.69) is 50.3 Å². The fraction of sp³-hybridized carbons (Fsp3) is 0.812. The molecule has 0 heterocycles. The predicted molar refractivity (Wildman–Crippen MR) is 232 cm³/mol. The minimum absolute atomic E-state index is 0.145. The van der Waals surface area contributed by atoms with Crippen LogP contribution in [0.3, 0.4) is 0 Å². The molecule has 9 nitrogen and oxygen atoms in total.